The number of halogens is 3. The van der Waals surface area contributed by atoms with Crippen LogP contribution in [0.1, 0.15) is 32.1 Å². The normalized spacial score (nSPS) is 23.2. The van der Waals surface area contributed by atoms with E-state index in [1.54, 1.807) is 11.3 Å². The van der Waals surface area contributed by atoms with Gasteiger partial charge in [0.1, 0.15) is 5.82 Å². The van der Waals surface area contributed by atoms with Gasteiger partial charge >= 0.3 is 0 Å². The Morgan fingerprint density at radius 3 is 2.41 bits per heavy atom. The molecule has 4 nitrogen and oxygen atoms in total. The smallest absolute Gasteiger partial charge is 0.137 e. The molecule has 0 aromatic carbocycles. The highest BCUT2D eigenvalue weighted by atomic mass is 35.5. The zero-order valence-electron chi connectivity index (χ0n) is 15.6. The maximum atomic E-state index is 6.02. The zero-order valence-corrected chi connectivity index (χ0v) is 18.9. The molecular formula is C19H31Cl3N4S. The maximum Gasteiger partial charge on any atom is 0.137 e. The fourth-order valence-corrected chi connectivity index (χ4v) is 4.93. The van der Waals surface area contributed by atoms with Crippen LogP contribution in [0.2, 0.25) is 0 Å². The first kappa shape index (κ1) is 24.7. The van der Waals surface area contributed by atoms with Crippen LogP contribution in [0, 0.1) is 5.92 Å². The van der Waals surface area contributed by atoms with E-state index in [0.717, 1.165) is 32.1 Å². The Bertz CT molecular complexity index is 668. The van der Waals surface area contributed by atoms with E-state index in [9.17, 15) is 0 Å². The highest BCUT2D eigenvalue weighted by Gasteiger charge is 2.22. The number of rotatable bonds is 4. The molecule has 1 saturated heterocycles. The molecule has 2 aliphatic rings. The van der Waals surface area contributed by atoms with Crippen molar-refractivity contribution in [3.63, 3.8) is 0 Å². The van der Waals surface area contributed by atoms with Gasteiger partial charge in [-0.25, -0.2) is 4.98 Å². The predicted molar refractivity (Wildman–Crippen MR) is 125 cm³/mol. The third-order valence-corrected chi connectivity index (χ3v) is 6.66. The number of piperazine rings is 1. The number of fused-ring (bicyclic) bond motifs is 1. The molecule has 4 rings (SSSR count). The molecular weight excluding hydrogens is 423 g/mol. The summed E-state index contributed by atoms with van der Waals surface area (Å²) in [5.74, 6) is 2.08. The summed E-state index contributed by atoms with van der Waals surface area (Å²) in [6.07, 6.45) is 8.44. The Kier molecular flexibility index (Phi) is 10.7. The van der Waals surface area contributed by atoms with E-state index in [1.807, 2.05) is 6.20 Å². The van der Waals surface area contributed by atoms with Crippen LogP contribution in [-0.2, 0) is 0 Å². The van der Waals surface area contributed by atoms with E-state index in [1.165, 1.54) is 54.6 Å². The van der Waals surface area contributed by atoms with Gasteiger partial charge in [0.15, 0.2) is 0 Å². The monoisotopic (exact) mass is 452 g/mol. The average Bonchev–Trinajstić information content (AvgIpc) is 3.10. The van der Waals surface area contributed by atoms with Crippen LogP contribution >= 0.6 is 48.6 Å². The lowest BCUT2D eigenvalue weighted by Crippen LogP contribution is -2.47. The lowest BCUT2D eigenvalue weighted by Gasteiger charge is -2.36. The molecule has 154 valence electrons. The molecule has 3 heterocycles. The third kappa shape index (κ3) is 6.09. The largest absolute Gasteiger partial charge is 0.354 e. The third-order valence-electron chi connectivity index (χ3n) is 5.78. The van der Waals surface area contributed by atoms with Gasteiger partial charge in [-0.05, 0) is 62.1 Å². The van der Waals surface area contributed by atoms with Crippen molar-refractivity contribution in [2.24, 2.45) is 11.7 Å². The van der Waals surface area contributed by atoms with Crippen LogP contribution < -0.4 is 10.6 Å². The van der Waals surface area contributed by atoms with Crippen molar-refractivity contribution < 1.29 is 0 Å². The fraction of sp³-hybridized carbons (Fsp3) is 0.632. The van der Waals surface area contributed by atoms with E-state index < -0.39 is 0 Å². The second-order valence-electron chi connectivity index (χ2n) is 7.37. The quantitative estimate of drug-likeness (QED) is 0.735. The molecule has 0 bridgehead atoms. The van der Waals surface area contributed by atoms with E-state index in [4.69, 9.17) is 5.73 Å². The number of hydrogen-bond donors (Lipinski definition) is 1. The molecule has 2 aromatic rings. The van der Waals surface area contributed by atoms with Crippen LogP contribution in [0.3, 0.4) is 0 Å². The SMILES string of the molecule is Cl.Cl.Cl.N[C@H]1CC[C@H](CCN2CCN(c3nccc4sccc34)CC2)CC1. The molecule has 1 aliphatic carbocycles. The number of anilines is 1. The Morgan fingerprint density at radius 1 is 1.00 bits per heavy atom. The van der Waals surface area contributed by atoms with Gasteiger partial charge < -0.3 is 10.6 Å². The number of pyridine rings is 1. The fourth-order valence-electron chi connectivity index (χ4n) is 4.16. The summed E-state index contributed by atoms with van der Waals surface area (Å²) in [5, 5.41) is 3.48. The van der Waals surface area contributed by atoms with Crippen molar-refractivity contribution in [2.45, 2.75) is 38.1 Å². The zero-order chi connectivity index (χ0) is 16.4. The van der Waals surface area contributed by atoms with Crippen LogP contribution in [0.15, 0.2) is 23.7 Å². The number of aromatic nitrogens is 1. The predicted octanol–water partition coefficient (Wildman–Crippen LogP) is 4.59. The van der Waals surface area contributed by atoms with Crippen LogP contribution in [-0.4, -0.2) is 48.6 Å². The summed E-state index contributed by atoms with van der Waals surface area (Å²) < 4.78 is 1.35. The molecule has 0 amide bonds. The van der Waals surface area contributed by atoms with Crippen molar-refractivity contribution in [3.05, 3.63) is 23.7 Å². The Balaban J connectivity index is 0.00000121. The molecule has 0 spiro atoms. The number of nitrogens with two attached hydrogens (primary N) is 1. The second-order valence-corrected chi connectivity index (χ2v) is 8.31. The Morgan fingerprint density at radius 2 is 1.70 bits per heavy atom. The average molecular weight is 454 g/mol. The summed E-state index contributed by atoms with van der Waals surface area (Å²) in [4.78, 5) is 9.76. The van der Waals surface area contributed by atoms with Crippen molar-refractivity contribution in [2.75, 3.05) is 37.6 Å². The van der Waals surface area contributed by atoms with Gasteiger partial charge in [0.05, 0.1) is 0 Å². The van der Waals surface area contributed by atoms with E-state index in [0.29, 0.717) is 6.04 Å². The standard InChI is InChI=1S/C19H28N4S.3ClH/c20-16-3-1-15(2-4-16)6-9-22-10-12-23(13-11-22)19-17-7-14-24-18(17)5-8-21-19;;;/h5,7-8,14-16H,1-4,6,9-13,20H2;3*1H/t15-,16-;;;. The van der Waals surface area contributed by atoms with E-state index in [2.05, 4.69) is 32.3 Å². The van der Waals surface area contributed by atoms with Crippen molar-refractivity contribution >= 4 is 64.5 Å². The molecule has 2 fully saturated rings. The molecule has 1 saturated carbocycles. The summed E-state index contributed by atoms with van der Waals surface area (Å²) in [6.45, 7) is 5.77. The Hall–Kier alpha value is -0.300. The van der Waals surface area contributed by atoms with Gasteiger partial charge in [0.2, 0.25) is 0 Å². The molecule has 0 atom stereocenters. The highest BCUT2D eigenvalue weighted by molar-refractivity contribution is 7.17. The first-order valence-electron chi connectivity index (χ1n) is 9.34. The molecule has 8 heteroatoms. The first-order valence-corrected chi connectivity index (χ1v) is 10.2. The maximum absolute atomic E-state index is 6.02. The molecule has 0 unspecified atom stereocenters. The number of hydrogen-bond acceptors (Lipinski definition) is 5. The van der Waals surface area contributed by atoms with Gasteiger partial charge in [-0.1, -0.05) is 0 Å². The lowest BCUT2D eigenvalue weighted by molar-refractivity contribution is 0.216. The van der Waals surface area contributed by atoms with Crippen molar-refractivity contribution in [1.82, 2.24) is 9.88 Å². The van der Waals surface area contributed by atoms with E-state index >= 15 is 0 Å². The lowest BCUT2D eigenvalue weighted by atomic mass is 9.84. The molecule has 27 heavy (non-hydrogen) atoms. The number of thiophene rings is 1. The summed E-state index contributed by atoms with van der Waals surface area (Å²) in [5.41, 5.74) is 6.02. The minimum atomic E-state index is 0. The van der Waals surface area contributed by atoms with Gasteiger partial charge in [-0.15, -0.1) is 48.6 Å². The molecule has 1 aliphatic heterocycles. The number of nitrogens with zero attached hydrogens (tertiary/aromatic N) is 3. The summed E-state index contributed by atoms with van der Waals surface area (Å²) in [7, 11) is 0. The summed E-state index contributed by atoms with van der Waals surface area (Å²) in [6, 6.07) is 4.80. The van der Waals surface area contributed by atoms with Crippen LogP contribution in [0.5, 0.6) is 0 Å². The van der Waals surface area contributed by atoms with Crippen molar-refractivity contribution in [3.8, 4) is 0 Å². The van der Waals surface area contributed by atoms with E-state index in [-0.39, 0.29) is 37.2 Å². The Labute approximate surface area is 185 Å². The van der Waals surface area contributed by atoms with Gasteiger partial charge in [0.25, 0.3) is 0 Å². The minimum absolute atomic E-state index is 0. The van der Waals surface area contributed by atoms with Crippen molar-refractivity contribution in [1.29, 1.82) is 0 Å². The second kappa shape index (κ2) is 11.6. The topological polar surface area (TPSA) is 45.4 Å². The molecule has 2 N–H and O–H groups in total. The van der Waals surface area contributed by atoms with Crippen LogP contribution in [0.25, 0.3) is 10.1 Å². The highest BCUT2D eigenvalue weighted by Crippen LogP contribution is 2.29. The van der Waals surface area contributed by atoms with Gasteiger partial charge in [-0.3, -0.25) is 4.90 Å². The van der Waals surface area contributed by atoms with Gasteiger partial charge in [-0.2, -0.15) is 0 Å². The molecule has 2 aromatic heterocycles. The molecule has 0 radical (unpaired) electrons. The summed E-state index contributed by atoms with van der Waals surface area (Å²) >= 11 is 1.80. The first-order chi connectivity index (χ1) is 11.8. The van der Waals surface area contributed by atoms with Gasteiger partial charge in [0, 0.05) is 48.5 Å². The minimum Gasteiger partial charge on any atom is -0.354 e. The van der Waals surface area contributed by atoms with Crippen LogP contribution in [0.4, 0.5) is 5.82 Å².